The first kappa shape index (κ1) is 9.21. The van der Waals surface area contributed by atoms with Gasteiger partial charge < -0.3 is 10.2 Å². The van der Waals surface area contributed by atoms with Gasteiger partial charge in [0.25, 0.3) is 0 Å². The largest absolute Gasteiger partial charge is 0.481 e. The molecular weight excluding hydrogens is 184 g/mol. The average Bonchev–Trinajstić information content (AvgIpc) is 2.52. The number of carboxylic acid groups (broad SMARTS) is 1. The molecule has 0 radical (unpaired) electrons. The number of aliphatic carboxylic acids is 1. The van der Waals surface area contributed by atoms with Gasteiger partial charge in [-0.3, -0.25) is 9.48 Å². The highest BCUT2D eigenvalue weighted by atomic mass is 16.4. The third kappa shape index (κ3) is 1.29. The van der Waals surface area contributed by atoms with Gasteiger partial charge in [-0.15, -0.1) is 0 Å². The van der Waals surface area contributed by atoms with Crippen LogP contribution >= 0.6 is 0 Å². The number of aliphatic hydroxyl groups is 1. The van der Waals surface area contributed by atoms with Crippen LogP contribution in [0.4, 0.5) is 0 Å². The van der Waals surface area contributed by atoms with Crippen LogP contribution in [0.5, 0.6) is 0 Å². The Morgan fingerprint density at radius 2 is 2.50 bits per heavy atom. The normalized spacial score (nSPS) is 25.0. The van der Waals surface area contributed by atoms with Crippen LogP contribution in [0.25, 0.3) is 0 Å². The summed E-state index contributed by atoms with van der Waals surface area (Å²) in [6, 6.07) is 0. The van der Waals surface area contributed by atoms with Crippen molar-refractivity contribution < 1.29 is 15.0 Å². The Kier molecular flexibility index (Phi) is 1.85. The number of hydrogen-bond acceptors (Lipinski definition) is 3. The Hall–Kier alpha value is -1.36. The highest BCUT2D eigenvalue weighted by molar-refractivity contribution is 5.69. The molecule has 0 fully saturated rings. The minimum Gasteiger partial charge on any atom is -0.481 e. The van der Waals surface area contributed by atoms with Gasteiger partial charge in [-0.2, -0.15) is 5.10 Å². The molecule has 1 aromatic rings. The van der Waals surface area contributed by atoms with E-state index in [-0.39, 0.29) is 6.42 Å². The SMILES string of the molecule is Cn1cc2c(n1)CCC2(O)CC(=O)O. The van der Waals surface area contributed by atoms with E-state index in [0.717, 1.165) is 5.69 Å². The van der Waals surface area contributed by atoms with Crippen LogP contribution < -0.4 is 0 Å². The summed E-state index contributed by atoms with van der Waals surface area (Å²) < 4.78 is 1.61. The van der Waals surface area contributed by atoms with Crippen LogP contribution in [-0.2, 0) is 23.9 Å². The highest BCUT2D eigenvalue weighted by Gasteiger charge is 2.40. The van der Waals surface area contributed by atoms with Gasteiger partial charge in [0.15, 0.2) is 0 Å². The Morgan fingerprint density at radius 3 is 3.14 bits per heavy atom. The third-order valence-corrected chi connectivity index (χ3v) is 2.63. The van der Waals surface area contributed by atoms with Crippen molar-refractivity contribution in [1.82, 2.24) is 9.78 Å². The van der Waals surface area contributed by atoms with E-state index in [1.807, 2.05) is 0 Å². The standard InChI is InChI=1S/C9H12N2O3/c1-11-5-6-7(10-11)2-3-9(6,14)4-8(12)13/h5,14H,2-4H2,1H3,(H,12,13). The molecule has 1 aliphatic carbocycles. The Balaban J connectivity index is 2.35. The molecule has 2 rings (SSSR count). The molecule has 1 atom stereocenters. The van der Waals surface area contributed by atoms with Gasteiger partial charge in [0, 0.05) is 18.8 Å². The molecule has 1 unspecified atom stereocenters. The number of aryl methyl sites for hydroxylation is 2. The van der Waals surface area contributed by atoms with Crippen molar-refractivity contribution in [3.8, 4) is 0 Å². The lowest BCUT2D eigenvalue weighted by Crippen LogP contribution is -2.25. The molecule has 5 heteroatoms. The summed E-state index contributed by atoms with van der Waals surface area (Å²) in [5, 5.41) is 22.9. The second kappa shape index (κ2) is 2.81. The van der Waals surface area contributed by atoms with E-state index in [1.165, 1.54) is 0 Å². The van der Waals surface area contributed by atoms with Crippen LogP contribution in [0, 0.1) is 0 Å². The zero-order valence-electron chi connectivity index (χ0n) is 7.90. The number of carboxylic acids is 1. The third-order valence-electron chi connectivity index (χ3n) is 2.63. The fraction of sp³-hybridized carbons (Fsp3) is 0.556. The average molecular weight is 196 g/mol. The summed E-state index contributed by atoms with van der Waals surface area (Å²) in [5.74, 6) is -0.982. The molecule has 1 aromatic heterocycles. The predicted octanol–water partition coefficient (Wildman–Crippen LogP) is 0.0286. The number of rotatable bonds is 2. The predicted molar refractivity (Wildman–Crippen MR) is 47.7 cm³/mol. The Bertz CT molecular complexity index is 385. The lowest BCUT2D eigenvalue weighted by atomic mass is 9.94. The quantitative estimate of drug-likeness (QED) is 0.699. The summed E-state index contributed by atoms with van der Waals surface area (Å²) in [6.07, 6.45) is 2.56. The zero-order valence-corrected chi connectivity index (χ0v) is 7.90. The molecule has 0 aliphatic heterocycles. The van der Waals surface area contributed by atoms with E-state index in [2.05, 4.69) is 5.10 Å². The van der Waals surface area contributed by atoms with E-state index >= 15 is 0 Å². The summed E-state index contributed by atoms with van der Waals surface area (Å²) in [4.78, 5) is 10.6. The number of hydrogen-bond donors (Lipinski definition) is 2. The smallest absolute Gasteiger partial charge is 0.306 e. The van der Waals surface area contributed by atoms with Gasteiger partial charge in [0.05, 0.1) is 12.1 Å². The maximum Gasteiger partial charge on any atom is 0.306 e. The molecule has 0 spiro atoms. The van der Waals surface area contributed by atoms with Gasteiger partial charge in [0.2, 0.25) is 0 Å². The van der Waals surface area contributed by atoms with Crippen LogP contribution in [0.1, 0.15) is 24.1 Å². The molecule has 1 aliphatic rings. The maximum absolute atomic E-state index is 10.6. The van der Waals surface area contributed by atoms with Crippen molar-refractivity contribution in [3.63, 3.8) is 0 Å². The molecule has 0 aromatic carbocycles. The topological polar surface area (TPSA) is 75.3 Å². The van der Waals surface area contributed by atoms with Gasteiger partial charge in [-0.1, -0.05) is 0 Å². The molecule has 1 heterocycles. The van der Waals surface area contributed by atoms with Crippen molar-refractivity contribution in [2.45, 2.75) is 24.9 Å². The number of fused-ring (bicyclic) bond motifs is 1. The fourth-order valence-electron chi connectivity index (χ4n) is 2.00. The van der Waals surface area contributed by atoms with Crippen LogP contribution in [-0.4, -0.2) is 26.0 Å². The maximum atomic E-state index is 10.6. The van der Waals surface area contributed by atoms with Gasteiger partial charge >= 0.3 is 5.97 Å². The van der Waals surface area contributed by atoms with Gasteiger partial charge in [0.1, 0.15) is 5.60 Å². The van der Waals surface area contributed by atoms with Crippen molar-refractivity contribution in [1.29, 1.82) is 0 Å². The lowest BCUT2D eigenvalue weighted by molar-refractivity contribution is -0.142. The van der Waals surface area contributed by atoms with E-state index in [9.17, 15) is 9.90 Å². The van der Waals surface area contributed by atoms with Crippen LogP contribution in [0.15, 0.2) is 6.20 Å². The molecule has 0 amide bonds. The molecule has 14 heavy (non-hydrogen) atoms. The summed E-state index contributed by atoms with van der Waals surface area (Å²) in [6.45, 7) is 0. The second-order valence-corrected chi connectivity index (χ2v) is 3.77. The molecule has 5 nitrogen and oxygen atoms in total. The second-order valence-electron chi connectivity index (χ2n) is 3.77. The van der Waals surface area contributed by atoms with Crippen molar-refractivity contribution >= 4 is 5.97 Å². The highest BCUT2D eigenvalue weighted by Crippen LogP contribution is 2.38. The monoisotopic (exact) mass is 196 g/mol. The first-order valence-corrected chi connectivity index (χ1v) is 4.48. The first-order valence-electron chi connectivity index (χ1n) is 4.48. The van der Waals surface area contributed by atoms with E-state index < -0.39 is 11.6 Å². The van der Waals surface area contributed by atoms with E-state index in [4.69, 9.17) is 5.11 Å². The summed E-state index contributed by atoms with van der Waals surface area (Å²) >= 11 is 0. The van der Waals surface area contributed by atoms with E-state index in [1.54, 1.807) is 17.9 Å². The van der Waals surface area contributed by atoms with Crippen molar-refractivity contribution in [2.24, 2.45) is 7.05 Å². The van der Waals surface area contributed by atoms with Crippen LogP contribution in [0.2, 0.25) is 0 Å². The Morgan fingerprint density at radius 1 is 1.79 bits per heavy atom. The molecule has 0 saturated carbocycles. The van der Waals surface area contributed by atoms with Gasteiger partial charge in [-0.05, 0) is 12.8 Å². The van der Waals surface area contributed by atoms with Gasteiger partial charge in [-0.25, -0.2) is 0 Å². The Labute approximate surface area is 81.0 Å². The fourth-order valence-corrected chi connectivity index (χ4v) is 2.00. The molecule has 0 bridgehead atoms. The summed E-state index contributed by atoms with van der Waals surface area (Å²) in [5.41, 5.74) is 0.272. The van der Waals surface area contributed by atoms with Crippen LogP contribution in [0.3, 0.4) is 0 Å². The van der Waals surface area contributed by atoms with Crippen molar-refractivity contribution in [3.05, 3.63) is 17.5 Å². The molecular formula is C9H12N2O3. The minimum absolute atomic E-state index is 0.244. The van der Waals surface area contributed by atoms with E-state index in [0.29, 0.717) is 18.4 Å². The number of aromatic nitrogens is 2. The molecule has 2 N–H and O–H groups in total. The van der Waals surface area contributed by atoms with Crippen molar-refractivity contribution in [2.75, 3.05) is 0 Å². The number of nitrogens with zero attached hydrogens (tertiary/aromatic N) is 2. The lowest BCUT2D eigenvalue weighted by Gasteiger charge is -2.19. The summed E-state index contributed by atoms with van der Waals surface area (Å²) in [7, 11) is 1.76. The number of carbonyl (C=O) groups is 1. The zero-order chi connectivity index (χ0) is 10.3. The molecule has 76 valence electrons. The first-order chi connectivity index (χ1) is 6.51. The minimum atomic E-state index is -1.21. The molecule has 0 saturated heterocycles.